The predicted molar refractivity (Wildman–Crippen MR) is 75.3 cm³/mol. The summed E-state index contributed by atoms with van der Waals surface area (Å²) in [5.41, 5.74) is 4.18. The van der Waals surface area contributed by atoms with Crippen LogP contribution < -0.4 is 5.32 Å². The minimum atomic E-state index is 0.214. The van der Waals surface area contributed by atoms with Gasteiger partial charge in [-0.25, -0.2) is 9.50 Å². The second-order valence-corrected chi connectivity index (χ2v) is 5.10. The first-order valence-corrected chi connectivity index (χ1v) is 6.59. The van der Waals surface area contributed by atoms with Crippen LogP contribution in [0.2, 0.25) is 0 Å². The molecule has 0 fully saturated rings. The van der Waals surface area contributed by atoms with Gasteiger partial charge in [-0.2, -0.15) is 5.10 Å². The van der Waals surface area contributed by atoms with Gasteiger partial charge in [0, 0.05) is 42.7 Å². The number of nitrogens with zero attached hydrogens (tertiary/aromatic N) is 3. The fraction of sp³-hybridized carbons (Fsp3) is 0.571. The highest BCUT2D eigenvalue weighted by molar-refractivity contribution is 5.42. The van der Waals surface area contributed by atoms with Gasteiger partial charge in [-0.3, -0.25) is 0 Å². The molecule has 0 saturated carbocycles. The highest BCUT2D eigenvalue weighted by Gasteiger charge is 2.14. The first-order valence-electron chi connectivity index (χ1n) is 6.59. The zero-order chi connectivity index (χ0) is 14.0. The summed E-state index contributed by atoms with van der Waals surface area (Å²) in [4.78, 5) is 4.47. The normalized spacial score (nSPS) is 14.8. The zero-order valence-electron chi connectivity index (χ0n) is 12.3. The summed E-state index contributed by atoms with van der Waals surface area (Å²) in [6.45, 7) is 9.00. The molecule has 104 valence electrons. The third-order valence-corrected chi connectivity index (χ3v) is 3.30. The Kier molecular flexibility index (Phi) is 4.17. The van der Waals surface area contributed by atoms with Crippen LogP contribution in [0.25, 0.3) is 5.65 Å². The fourth-order valence-electron chi connectivity index (χ4n) is 2.42. The van der Waals surface area contributed by atoms with Crippen molar-refractivity contribution in [3.05, 3.63) is 29.2 Å². The summed E-state index contributed by atoms with van der Waals surface area (Å²) in [7, 11) is 1.72. The van der Waals surface area contributed by atoms with Gasteiger partial charge in [-0.15, -0.1) is 0 Å². The zero-order valence-corrected chi connectivity index (χ0v) is 12.3. The Morgan fingerprint density at radius 1 is 1.37 bits per heavy atom. The molecule has 2 heterocycles. The van der Waals surface area contributed by atoms with Crippen molar-refractivity contribution in [2.24, 2.45) is 0 Å². The minimum Gasteiger partial charge on any atom is -0.383 e. The lowest BCUT2D eigenvalue weighted by Crippen LogP contribution is -2.33. The van der Waals surface area contributed by atoms with Crippen molar-refractivity contribution < 1.29 is 4.74 Å². The van der Waals surface area contributed by atoms with Gasteiger partial charge in [-0.1, -0.05) is 0 Å². The number of hydrogen-bond donors (Lipinski definition) is 1. The minimum absolute atomic E-state index is 0.214. The van der Waals surface area contributed by atoms with Crippen LogP contribution in [0.3, 0.4) is 0 Å². The topological polar surface area (TPSA) is 51.5 Å². The number of aromatic nitrogens is 3. The largest absolute Gasteiger partial charge is 0.383 e. The van der Waals surface area contributed by atoms with Crippen molar-refractivity contribution in [1.29, 1.82) is 0 Å². The van der Waals surface area contributed by atoms with E-state index in [1.54, 1.807) is 7.11 Å². The second-order valence-electron chi connectivity index (χ2n) is 5.10. The van der Waals surface area contributed by atoms with Gasteiger partial charge in [0.2, 0.25) is 0 Å². The molecule has 1 N–H and O–H groups in total. The molecule has 0 saturated heterocycles. The summed E-state index contributed by atoms with van der Waals surface area (Å²) in [6.07, 6.45) is 1.93. The summed E-state index contributed by atoms with van der Waals surface area (Å²) >= 11 is 0. The lowest BCUT2D eigenvalue weighted by atomic mass is 10.1. The average Bonchev–Trinajstić information content (AvgIpc) is 2.71. The van der Waals surface area contributed by atoms with Crippen molar-refractivity contribution in [3.8, 4) is 0 Å². The Balaban J connectivity index is 2.26. The lowest BCUT2D eigenvalue weighted by molar-refractivity contribution is 0.167. The molecule has 0 aliphatic carbocycles. The summed E-state index contributed by atoms with van der Waals surface area (Å²) in [5.74, 6) is 0. The van der Waals surface area contributed by atoms with E-state index >= 15 is 0 Å². The molecule has 2 aromatic rings. The van der Waals surface area contributed by atoms with Crippen molar-refractivity contribution in [3.63, 3.8) is 0 Å². The van der Waals surface area contributed by atoms with Crippen LogP contribution >= 0.6 is 0 Å². The van der Waals surface area contributed by atoms with Gasteiger partial charge in [0.05, 0.1) is 12.3 Å². The van der Waals surface area contributed by atoms with Gasteiger partial charge in [0.25, 0.3) is 0 Å². The molecular formula is C14H22N4O. The van der Waals surface area contributed by atoms with Crippen LogP contribution in [0.5, 0.6) is 0 Å². The molecule has 0 bridgehead atoms. The van der Waals surface area contributed by atoms with E-state index in [-0.39, 0.29) is 6.04 Å². The maximum atomic E-state index is 5.15. The van der Waals surface area contributed by atoms with Crippen molar-refractivity contribution in [2.45, 2.75) is 39.8 Å². The molecule has 0 aromatic carbocycles. The Morgan fingerprint density at radius 3 is 2.79 bits per heavy atom. The molecule has 2 aromatic heterocycles. The molecule has 2 unspecified atom stereocenters. The van der Waals surface area contributed by atoms with Crippen LogP contribution in [0.15, 0.2) is 12.3 Å². The molecule has 0 spiro atoms. The maximum Gasteiger partial charge on any atom is 0.155 e. The number of fused-ring (bicyclic) bond motifs is 1. The van der Waals surface area contributed by atoms with Gasteiger partial charge >= 0.3 is 0 Å². The van der Waals surface area contributed by atoms with Crippen molar-refractivity contribution >= 4 is 5.65 Å². The maximum absolute atomic E-state index is 5.15. The number of aryl methyl sites for hydroxylation is 2. The number of nitrogens with one attached hydrogen (secondary N) is 1. The van der Waals surface area contributed by atoms with Crippen molar-refractivity contribution in [1.82, 2.24) is 19.9 Å². The van der Waals surface area contributed by atoms with E-state index < -0.39 is 0 Å². The van der Waals surface area contributed by atoms with Crippen LogP contribution in [-0.4, -0.2) is 34.4 Å². The highest BCUT2D eigenvalue weighted by Crippen LogP contribution is 2.18. The van der Waals surface area contributed by atoms with E-state index in [1.165, 1.54) is 5.56 Å². The first kappa shape index (κ1) is 14.0. The van der Waals surface area contributed by atoms with Crippen LogP contribution in [0.1, 0.15) is 36.8 Å². The molecular weight excluding hydrogens is 240 g/mol. The number of ether oxygens (including phenoxy) is 1. The van der Waals surface area contributed by atoms with E-state index in [2.05, 4.69) is 36.2 Å². The summed E-state index contributed by atoms with van der Waals surface area (Å²) < 4.78 is 7.06. The molecule has 0 radical (unpaired) electrons. The smallest absolute Gasteiger partial charge is 0.155 e. The third-order valence-electron chi connectivity index (χ3n) is 3.30. The number of hydrogen-bond acceptors (Lipinski definition) is 4. The van der Waals surface area contributed by atoms with Crippen molar-refractivity contribution in [2.75, 3.05) is 13.7 Å². The Morgan fingerprint density at radius 2 is 2.11 bits per heavy atom. The molecule has 2 rings (SSSR count). The van der Waals surface area contributed by atoms with Gasteiger partial charge in [-0.05, 0) is 27.7 Å². The van der Waals surface area contributed by atoms with E-state index in [0.717, 1.165) is 17.0 Å². The number of rotatable bonds is 5. The van der Waals surface area contributed by atoms with Crippen LogP contribution in [-0.2, 0) is 4.74 Å². The van der Waals surface area contributed by atoms with Crippen LogP contribution in [0.4, 0.5) is 0 Å². The van der Waals surface area contributed by atoms with E-state index in [4.69, 9.17) is 4.74 Å². The third kappa shape index (κ3) is 2.93. The molecule has 0 aliphatic heterocycles. The highest BCUT2D eigenvalue weighted by atomic mass is 16.5. The van der Waals surface area contributed by atoms with Gasteiger partial charge in [0.1, 0.15) is 0 Å². The Bertz CT molecular complexity index is 564. The molecule has 0 aliphatic rings. The predicted octanol–water partition coefficient (Wildman–Crippen LogP) is 2.03. The average molecular weight is 262 g/mol. The quantitative estimate of drug-likeness (QED) is 0.896. The summed E-state index contributed by atoms with van der Waals surface area (Å²) in [5, 5.41) is 7.98. The second kappa shape index (κ2) is 5.67. The monoisotopic (exact) mass is 262 g/mol. The molecule has 5 heteroatoms. The Labute approximate surface area is 114 Å². The van der Waals surface area contributed by atoms with E-state index in [9.17, 15) is 0 Å². The Hall–Kier alpha value is -1.46. The van der Waals surface area contributed by atoms with E-state index in [1.807, 2.05) is 23.7 Å². The van der Waals surface area contributed by atoms with Crippen LogP contribution in [0, 0.1) is 13.8 Å². The van der Waals surface area contributed by atoms with Gasteiger partial charge in [0.15, 0.2) is 5.65 Å². The molecule has 19 heavy (non-hydrogen) atoms. The van der Waals surface area contributed by atoms with Gasteiger partial charge < -0.3 is 10.1 Å². The summed E-state index contributed by atoms with van der Waals surface area (Å²) in [6, 6.07) is 2.50. The molecule has 0 amide bonds. The van der Waals surface area contributed by atoms with E-state index in [0.29, 0.717) is 12.6 Å². The fourth-order valence-corrected chi connectivity index (χ4v) is 2.42. The molecule has 2 atom stereocenters. The SMILES string of the molecule is COCC(C)NC(C)c1cnc2cc(C)nn2c1C. The number of methoxy groups -OCH3 is 1. The first-order chi connectivity index (χ1) is 9.02. The lowest BCUT2D eigenvalue weighted by Gasteiger charge is -2.21. The standard InChI is InChI=1S/C14H22N4O/c1-9-6-14-15-7-13(12(4)18(14)17-9)11(3)16-10(2)8-19-5/h6-7,10-11,16H,8H2,1-5H3. The molecule has 5 nitrogen and oxygen atoms in total.